The second-order valence-electron chi connectivity index (χ2n) is 3.49. The van der Waals surface area contributed by atoms with Crippen LogP contribution in [0.1, 0.15) is 13.8 Å². The standard InChI is InChI=1S/C7H15NO/c1-7(2,6-9)5-8(3)4/h6H,5H2,1-4H3/p+1. The first-order chi connectivity index (χ1) is 3.98. The molecular weight excluding hydrogens is 114 g/mol. The number of aldehydes is 1. The number of rotatable bonds is 3. The molecule has 0 radical (unpaired) electrons. The van der Waals surface area contributed by atoms with Gasteiger partial charge in [0.1, 0.15) is 6.29 Å². The second-order valence-corrected chi connectivity index (χ2v) is 3.49. The Morgan fingerprint density at radius 1 is 1.44 bits per heavy atom. The van der Waals surface area contributed by atoms with Crippen LogP contribution in [0, 0.1) is 5.41 Å². The number of nitrogens with one attached hydrogen (secondary N) is 1. The van der Waals surface area contributed by atoms with E-state index in [1.807, 2.05) is 27.9 Å². The van der Waals surface area contributed by atoms with E-state index in [1.165, 1.54) is 4.90 Å². The van der Waals surface area contributed by atoms with Crippen molar-refractivity contribution in [3.8, 4) is 0 Å². The van der Waals surface area contributed by atoms with Crippen LogP contribution in [0.15, 0.2) is 0 Å². The summed E-state index contributed by atoms with van der Waals surface area (Å²) in [6, 6.07) is 0. The Hall–Kier alpha value is -0.370. The van der Waals surface area contributed by atoms with Crippen molar-refractivity contribution in [2.24, 2.45) is 5.41 Å². The van der Waals surface area contributed by atoms with Crippen molar-refractivity contribution in [2.75, 3.05) is 20.6 Å². The Balaban J connectivity index is 3.71. The molecule has 0 aliphatic carbocycles. The monoisotopic (exact) mass is 130 g/mol. The summed E-state index contributed by atoms with van der Waals surface area (Å²) in [7, 11) is 4.09. The van der Waals surface area contributed by atoms with Crippen LogP contribution >= 0.6 is 0 Å². The molecule has 0 fully saturated rings. The predicted octanol–water partition coefficient (Wildman–Crippen LogP) is -0.644. The molecule has 0 unspecified atom stereocenters. The van der Waals surface area contributed by atoms with Crippen LogP contribution < -0.4 is 4.90 Å². The van der Waals surface area contributed by atoms with E-state index in [4.69, 9.17) is 0 Å². The highest BCUT2D eigenvalue weighted by Crippen LogP contribution is 2.05. The molecule has 2 heteroatoms. The van der Waals surface area contributed by atoms with Crippen molar-refractivity contribution in [1.82, 2.24) is 0 Å². The summed E-state index contributed by atoms with van der Waals surface area (Å²) >= 11 is 0. The number of hydrogen-bond acceptors (Lipinski definition) is 1. The van der Waals surface area contributed by atoms with Gasteiger partial charge in [-0.3, -0.25) is 0 Å². The van der Waals surface area contributed by atoms with Crippen LogP contribution in [0.3, 0.4) is 0 Å². The summed E-state index contributed by atoms with van der Waals surface area (Å²) < 4.78 is 0. The maximum absolute atomic E-state index is 10.3. The molecule has 0 aromatic carbocycles. The van der Waals surface area contributed by atoms with E-state index in [2.05, 4.69) is 0 Å². The molecule has 0 aromatic rings. The molecule has 0 saturated carbocycles. The summed E-state index contributed by atoms with van der Waals surface area (Å²) in [5, 5.41) is 0. The fourth-order valence-electron chi connectivity index (χ4n) is 0.953. The topological polar surface area (TPSA) is 21.5 Å². The minimum atomic E-state index is -0.154. The van der Waals surface area contributed by atoms with Crippen LogP contribution in [0.25, 0.3) is 0 Å². The molecular formula is C7H16NO+. The van der Waals surface area contributed by atoms with Gasteiger partial charge in [-0.05, 0) is 13.8 Å². The molecule has 0 heterocycles. The van der Waals surface area contributed by atoms with Crippen molar-refractivity contribution >= 4 is 6.29 Å². The van der Waals surface area contributed by atoms with Crippen molar-refractivity contribution in [3.05, 3.63) is 0 Å². The summed E-state index contributed by atoms with van der Waals surface area (Å²) in [4.78, 5) is 11.7. The minimum Gasteiger partial charge on any atom is -0.339 e. The van der Waals surface area contributed by atoms with E-state index in [0.717, 1.165) is 12.8 Å². The lowest BCUT2D eigenvalue weighted by Crippen LogP contribution is -3.07. The molecule has 0 aliphatic heterocycles. The van der Waals surface area contributed by atoms with E-state index in [-0.39, 0.29) is 5.41 Å². The summed E-state index contributed by atoms with van der Waals surface area (Å²) in [5.41, 5.74) is -0.154. The lowest BCUT2D eigenvalue weighted by atomic mass is 9.96. The Bertz CT molecular complexity index is 97.1. The zero-order valence-electron chi connectivity index (χ0n) is 6.69. The number of carbonyl (C=O) groups excluding carboxylic acids is 1. The first-order valence-electron chi connectivity index (χ1n) is 3.23. The Morgan fingerprint density at radius 2 is 1.89 bits per heavy atom. The summed E-state index contributed by atoms with van der Waals surface area (Å²) in [5.74, 6) is 0. The van der Waals surface area contributed by atoms with Gasteiger partial charge >= 0.3 is 0 Å². The maximum atomic E-state index is 10.3. The van der Waals surface area contributed by atoms with Gasteiger partial charge in [-0.15, -0.1) is 0 Å². The van der Waals surface area contributed by atoms with E-state index < -0.39 is 0 Å². The van der Waals surface area contributed by atoms with Gasteiger partial charge in [-0.1, -0.05) is 0 Å². The molecule has 0 amide bonds. The molecule has 2 nitrogen and oxygen atoms in total. The van der Waals surface area contributed by atoms with Gasteiger partial charge in [0.05, 0.1) is 26.1 Å². The Morgan fingerprint density at radius 3 is 2.00 bits per heavy atom. The van der Waals surface area contributed by atoms with Crippen LogP contribution in [-0.2, 0) is 4.79 Å². The fraction of sp³-hybridized carbons (Fsp3) is 0.857. The third-order valence-electron chi connectivity index (χ3n) is 1.13. The highest BCUT2D eigenvalue weighted by atomic mass is 16.1. The third kappa shape index (κ3) is 4.15. The Labute approximate surface area is 56.9 Å². The molecule has 0 aliphatic rings. The van der Waals surface area contributed by atoms with Gasteiger partial charge in [0.25, 0.3) is 0 Å². The maximum Gasteiger partial charge on any atom is 0.131 e. The van der Waals surface area contributed by atoms with Crippen LogP contribution in [-0.4, -0.2) is 26.9 Å². The molecule has 0 aromatic heterocycles. The van der Waals surface area contributed by atoms with E-state index >= 15 is 0 Å². The van der Waals surface area contributed by atoms with Crippen LogP contribution in [0.2, 0.25) is 0 Å². The lowest BCUT2D eigenvalue weighted by Gasteiger charge is -2.18. The highest BCUT2D eigenvalue weighted by Gasteiger charge is 2.19. The number of quaternary nitrogens is 1. The van der Waals surface area contributed by atoms with Crippen LogP contribution in [0.5, 0.6) is 0 Å². The van der Waals surface area contributed by atoms with Gasteiger partial charge < -0.3 is 9.69 Å². The largest absolute Gasteiger partial charge is 0.339 e. The summed E-state index contributed by atoms with van der Waals surface area (Å²) in [6.07, 6.45) is 1.01. The van der Waals surface area contributed by atoms with Gasteiger partial charge in [0.2, 0.25) is 0 Å². The van der Waals surface area contributed by atoms with Gasteiger partial charge in [-0.25, -0.2) is 0 Å². The highest BCUT2D eigenvalue weighted by molar-refractivity contribution is 5.57. The number of carbonyl (C=O) groups is 1. The van der Waals surface area contributed by atoms with E-state index in [0.29, 0.717) is 0 Å². The second kappa shape index (κ2) is 2.97. The lowest BCUT2D eigenvalue weighted by molar-refractivity contribution is -0.863. The van der Waals surface area contributed by atoms with Crippen molar-refractivity contribution in [1.29, 1.82) is 0 Å². The normalized spacial score (nSPS) is 12.1. The van der Waals surface area contributed by atoms with Crippen LogP contribution in [0.4, 0.5) is 0 Å². The van der Waals surface area contributed by atoms with Crippen molar-refractivity contribution in [2.45, 2.75) is 13.8 Å². The third-order valence-corrected chi connectivity index (χ3v) is 1.13. The molecule has 0 bridgehead atoms. The van der Waals surface area contributed by atoms with Gasteiger partial charge in [-0.2, -0.15) is 0 Å². The zero-order chi connectivity index (χ0) is 7.49. The van der Waals surface area contributed by atoms with Gasteiger partial charge in [0, 0.05) is 0 Å². The minimum absolute atomic E-state index is 0.154. The first kappa shape index (κ1) is 8.63. The summed E-state index contributed by atoms with van der Waals surface area (Å²) in [6.45, 7) is 4.80. The molecule has 0 spiro atoms. The van der Waals surface area contributed by atoms with Gasteiger partial charge in [0.15, 0.2) is 0 Å². The fourth-order valence-corrected chi connectivity index (χ4v) is 0.953. The van der Waals surface area contributed by atoms with E-state index in [1.54, 1.807) is 0 Å². The predicted molar refractivity (Wildman–Crippen MR) is 37.5 cm³/mol. The number of hydrogen-bond donors (Lipinski definition) is 1. The molecule has 0 saturated heterocycles. The van der Waals surface area contributed by atoms with E-state index in [9.17, 15) is 4.79 Å². The SMILES string of the molecule is C[NH+](C)CC(C)(C)C=O. The molecule has 0 atom stereocenters. The molecule has 9 heavy (non-hydrogen) atoms. The molecule has 54 valence electrons. The van der Waals surface area contributed by atoms with Crippen molar-refractivity contribution < 1.29 is 9.69 Å². The molecule has 0 rings (SSSR count). The molecule has 1 N–H and O–H groups in total. The smallest absolute Gasteiger partial charge is 0.131 e. The Kier molecular flexibility index (Phi) is 2.85. The average Bonchev–Trinajstić information content (AvgIpc) is 1.63. The zero-order valence-corrected chi connectivity index (χ0v) is 6.69. The average molecular weight is 130 g/mol. The van der Waals surface area contributed by atoms with Crippen molar-refractivity contribution in [3.63, 3.8) is 0 Å². The quantitative estimate of drug-likeness (QED) is 0.504. The first-order valence-corrected chi connectivity index (χ1v) is 3.23.